The van der Waals surface area contributed by atoms with Crippen LogP contribution in [-0.4, -0.2) is 18.0 Å². The van der Waals surface area contributed by atoms with Gasteiger partial charge in [0.05, 0.1) is 11.0 Å². The molecule has 6 aromatic carbocycles. The van der Waals surface area contributed by atoms with Crippen molar-refractivity contribution in [3.05, 3.63) is 119 Å². The van der Waals surface area contributed by atoms with E-state index in [4.69, 9.17) is 4.74 Å². The number of hydrogen-bond donors (Lipinski definition) is 0. The summed E-state index contributed by atoms with van der Waals surface area (Å²) in [7, 11) is 0. The molecule has 0 N–H and O–H groups in total. The van der Waals surface area contributed by atoms with Gasteiger partial charge in [-0.2, -0.15) is 0 Å². The average Bonchev–Trinajstić information content (AvgIpc) is 3.41. The molecule has 0 bridgehead atoms. The van der Waals surface area contributed by atoms with Crippen LogP contribution in [0.15, 0.2) is 97.1 Å². The Balaban J connectivity index is 1.38. The van der Waals surface area contributed by atoms with Gasteiger partial charge in [-0.1, -0.05) is 60.7 Å². The number of fused-ring (bicyclic) bond motifs is 7. The second-order valence-corrected chi connectivity index (χ2v) is 13.5. The van der Waals surface area contributed by atoms with Crippen molar-refractivity contribution in [2.75, 3.05) is 4.90 Å². The van der Waals surface area contributed by atoms with Crippen molar-refractivity contribution in [3.63, 3.8) is 0 Å². The number of anilines is 3. The van der Waals surface area contributed by atoms with Crippen LogP contribution in [0.2, 0.25) is 0 Å². The highest BCUT2D eigenvalue weighted by Gasteiger charge is 2.48. The molecule has 0 aliphatic carbocycles. The molecule has 4 aliphatic heterocycles. The molecule has 0 amide bonds. The van der Waals surface area contributed by atoms with Gasteiger partial charge in [-0.3, -0.25) is 0 Å². The largest absolute Gasteiger partial charge is 0.458 e. The summed E-state index contributed by atoms with van der Waals surface area (Å²) in [5.41, 5.74) is 21.1. The molecule has 0 radical (unpaired) electrons. The maximum absolute atomic E-state index is 6.71. The number of benzene rings is 6. The summed E-state index contributed by atoms with van der Waals surface area (Å²) in [5, 5.41) is 2.75. The molecular formula is C40H28B2N2O. The van der Waals surface area contributed by atoms with Crippen LogP contribution in [0, 0.1) is 27.7 Å². The molecule has 0 unspecified atom stereocenters. The summed E-state index contributed by atoms with van der Waals surface area (Å²) in [6.07, 6.45) is 0. The van der Waals surface area contributed by atoms with E-state index in [0.29, 0.717) is 0 Å². The first-order valence-corrected chi connectivity index (χ1v) is 16.0. The lowest BCUT2D eigenvalue weighted by molar-refractivity contribution is 0.487. The van der Waals surface area contributed by atoms with E-state index in [-0.39, 0.29) is 13.4 Å². The maximum atomic E-state index is 6.71. The molecule has 1 aromatic heterocycles. The highest BCUT2D eigenvalue weighted by molar-refractivity contribution is 7.03. The molecule has 3 nitrogen and oxygen atoms in total. The third kappa shape index (κ3) is 2.74. The third-order valence-electron chi connectivity index (χ3n) is 10.9. The number of aromatic nitrogens is 1. The van der Waals surface area contributed by atoms with Crippen LogP contribution in [0.25, 0.3) is 27.5 Å². The van der Waals surface area contributed by atoms with Crippen molar-refractivity contribution in [1.82, 2.24) is 4.57 Å². The fourth-order valence-electron chi connectivity index (χ4n) is 9.46. The first-order valence-electron chi connectivity index (χ1n) is 16.0. The Bertz CT molecular complexity index is 2520. The Morgan fingerprint density at radius 1 is 0.533 bits per heavy atom. The molecule has 210 valence electrons. The standard InChI is InChI=1S/C40H28B2N2O/c1-21-16-22(2)18-25(17-21)43-30-14-7-5-10-26(30)41-28-12-9-13-29-38(28)44-39-34(23(3)19-31(43)36(39)41)35-24(4)20-33-37(40(35)44)42(29)27-11-6-8-15-32(27)45-33/h5-20H,1-4H3. The molecule has 0 fully saturated rings. The van der Waals surface area contributed by atoms with Crippen LogP contribution < -0.4 is 42.4 Å². The van der Waals surface area contributed by atoms with Gasteiger partial charge in [-0.05, 0) is 119 Å². The van der Waals surface area contributed by atoms with Crippen molar-refractivity contribution < 1.29 is 4.74 Å². The molecule has 5 heterocycles. The van der Waals surface area contributed by atoms with Gasteiger partial charge in [-0.15, -0.1) is 0 Å². The molecule has 0 saturated carbocycles. The van der Waals surface area contributed by atoms with Gasteiger partial charge < -0.3 is 14.2 Å². The van der Waals surface area contributed by atoms with Crippen LogP contribution in [0.3, 0.4) is 0 Å². The fourth-order valence-corrected chi connectivity index (χ4v) is 9.46. The zero-order valence-corrected chi connectivity index (χ0v) is 25.7. The average molecular weight is 574 g/mol. The normalized spacial score (nSPS) is 14.3. The van der Waals surface area contributed by atoms with Crippen LogP contribution in [0.5, 0.6) is 11.5 Å². The summed E-state index contributed by atoms with van der Waals surface area (Å²) in [6.45, 7) is 9.27. The Hall–Kier alpha value is -5.15. The number of aryl methyl sites for hydroxylation is 4. The van der Waals surface area contributed by atoms with Crippen LogP contribution in [0.4, 0.5) is 17.1 Å². The van der Waals surface area contributed by atoms with Crippen molar-refractivity contribution in [3.8, 4) is 17.2 Å². The first kappa shape index (κ1) is 24.2. The quantitative estimate of drug-likeness (QED) is 0.239. The fraction of sp³-hybridized carbons (Fsp3) is 0.100. The Morgan fingerprint density at radius 2 is 1.16 bits per heavy atom. The zero-order valence-electron chi connectivity index (χ0n) is 25.7. The minimum atomic E-state index is 0.131. The highest BCUT2D eigenvalue weighted by Crippen LogP contribution is 2.46. The second-order valence-electron chi connectivity index (χ2n) is 13.5. The first-order chi connectivity index (χ1) is 22.0. The van der Waals surface area contributed by atoms with E-state index in [2.05, 4.69) is 134 Å². The van der Waals surface area contributed by atoms with E-state index in [0.717, 1.165) is 11.5 Å². The van der Waals surface area contributed by atoms with Crippen LogP contribution >= 0.6 is 0 Å². The number of para-hydroxylation sites is 3. The smallest absolute Gasteiger partial charge is 0.256 e. The Morgan fingerprint density at radius 3 is 1.93 bits per heavy atom. The Labute approximate surface area is 262 Å². The van der Waals surface area contributed by atoms with Crippen LogP contribution in [-0.2, 0) is 0 Å². The predicted molar refractivity (Wildman–Crippen MR) is 190 cm³/mol. The van der Waals surface area contributed by atoms with E-state index in [9.17, 15) is 0 Å². The van der Waals surface area contributed by atoms with Gasteiger partial charge in [0.2, 0.25) is 0 Å². The van der Waals surface area contributed by atoms with E-state index in [1.54, 1.807) is 0 Å². The molecule has 0 spiro atoms. The monoisotopic (exact) mass is 574 g/mol. The maximum Gasteiger partial charge on any atom is 0.256 e. The summed E-state index contributed by atoms with van der Waals surface area (Å²) < 4.78 is 9.35. The predicted octanol–water partition coefficient (Wildman–Crippen LogP) is 5.57. The van der Waals surface area contributed by atoms with Crippen LogP contribution in [0.1, 0.15) is 22.3 Å². The lowest BCUT2D eigenvalue weighted by Gasteiger charge is -2.42. The van der Waals surface area contributed by atoms with E-state index < -0.39 is 0 Å². The number of hydrogen-bond acceptors (Lipinski definition) is 2. The van der Waals surface area contributed by atoms with Gasteiger partial charge in [-0.25, -0.2) is 0 Å². The zero-order chi connectivity index (χ0) is 29.9. The summed E-state index contributed by atoms with van der Waals surface area (Å²) in [6, 6.07) is 36.5. The van der Waals surface area contributed by atoms with Gasteiger partial charge in [0, 0.05) is 33.5 Å². The van der Waals surface area contributed by atoms with Crippen molar-refractivity contribution >= 4 is 85.1 Å². The van der Waals surface area contributed by atoms with Gasteiger partial charge in [0.15, 0.2) is 0 Å². The summed E-state index contributed by atoms with van der Waals surface area (Å²) >= 11 is 0. The van der Waals surface area contributed by atoms with E-state index >= 15 is 0 Å². The lowest BCUT2D eigenvalue weighted by atomic mass is 9.30. The molecule has 45 heavy (non-hydrogen) atoms. The van der Waals surface area contributed by atoms with Gasteiger partial charge >= 0.3 is 0 Å². The molecule has 0 atom stereocenters. The van der Waals surface area contributed by atoms with E-state index in [1.807, 2.05) is 0 Å². The Kier molecular flexibility index (Phi) is 4.26. The van der Waals surface area contributed by atoms with Gasteiger partial charge in [0.25, 0.3) is 13.4 Å². The molecule has 11 rings (SSSR count). The molecular weight excluding hydrogens is 546 g/mol. The summed E-state index contributed by atoms with van der Waals surface area (Å²) in [5.74, 6) is 1.97. The second kappa shape index (κ2) is 7.92. The number of ether oxygens (including phenoxy) is 1. The SMILES string of the molecule is Cc1cc(C)cc(N2c3ccccc3B3c4cccc5c4-n4c6c7c(cc(C)c6c6c(C)cc2c3c64)Oc2ccccc2B57)c1. The molecule has 7 aromatic rings. The van der Waals surface area contributed by atoms with Crippen molar-refractivity contribution in [2.24, 2.45) is 0 Å². The van der Waals surface area contributed by atoms with Gasteiger partial charge in [0.1, 0.15) is 11.5 Å². The molecule has 5 heteroatoms. The minimum Gasteiger partial charge on any atom is -0.458 e. The number of nitrogens with zero attached hydrogens (tertiary/aromatic N) is 2. The third-order valence-corrected chi connectivity index (χ3v) is 10.9. The lowest BCUT2D eigenvalue weighted by Crippen LogP contribution is -2.65. The number of rotatable bonds is 1. The topological polar surface area (TPSA) is 17.4 Å². The minimum absolute atomic E-state index is 0.131. The summed E-state index contributed by atoms with van der Waals surface area (Å²) in [4.78, 5) is 2.53. The van der Waals surface area contributed by atoms with Crippen molar-refractivity contribution in [1.29, 1.82) is 0 Å². The van der Waals surface area contributed by atoms with E-state index in [1.165, 1.54) is 99.6 Å². The van der Waals surface area contributed by atoms with Crippen molar-refractivity contribution in [2.45, 2.75) is 27.7 Å². The molecule has 4 aliphatic rings. The highest BCUT2D eigenvalue weighted by atomic mass is 16.5. The molecule has 0 saturated heterocycles.